The van der Waals surface area contributed by atoms with Gasteiger partial charge in [0.2, 0.25) is 0 Å². The van der Waals surface area contributed by atoms with E-state index in [9.17, 15) is 0 Å². The number of nitrogens with zero attached hydrogens (tertiary/aromatic N) is 4. The van der Waals surface area contributed by atoms with Gasteiger partial charge in [-0.1, -0.05) is 6.07 Å². The maximum Gasteiger partial charge on any atom is 0.142 e. The normalized spacial score (nSPS) is 22.6. The molecule has 4 nitrogen and oxygen atoms in total. The number of anilines is 1. The molecule has 2 aliphatic rings. The standard InChI is InChI=1S/C15H20N4/c1-18-8-5-15(12-18)6-9-19(10-7-15)14-4-2-3-13(11-16)17-14/h2-4H,5-10,12H2,1H3. The zero-order valence-corrected chi connectivity index (χ0v) is 11.5. The van der Waals surface area contributed by atoms with Gasteiger partial charge in [0, 0.05) is 19.6 Å². The van der Waals surface area contributed by atoms with Crippen LogP contribution >= 0.6 is 0 Å². The molecule has 1 aromatic rings. The summed E-state index contributed by atoms with van der Waals surface area (Å²) in [4.78, 5) is 9.17. The second-order valence-corrected chi connectivity index (χ2v) is 5.97. The molecule has 4 heteroatoms. The molecule has 2 aliphatic heterocycles. The molecule has 0 radical (unpaired) electrons. The van der Waals surface area contributed by atoms with E-state index in [-0.39, 0.29) is 0 Å². The van der Waals surface area contributed by atoms with Crippen molar-refractivity contribution >= 4 is 5.82 Å². The summed E-state index contributed by atoms with van der Waals surface area (Å²) < 4.78 is 0. The smallest absolute Gasteiger partial charge is 0.142 e. The molecule has 19 heavy (non-hydrogen) atoms. The van der Waals surface area contributed by atoms with Crippen molar-refractivity contribution in [3.8, 4) is 6.07 Å². The molecule has 0 unspecified atom stereocenters. The van der Waals surface area contributed by atoms with Crippen LogP contribution in [-0.4, -0.2) is 43.1 Å². The minimum Gasteiger partial charge on any atom is -0.357 e. The lowest BCUT2D eigenvalue weighted by Crippen LogP contribution is -2.41. The van der Waals surface area contributed by atoms with Crippen LogP contribution in [0.25, 0.3) is 0 Å². The van der Waals surface area contributed by atoms with Gasteiger partial charge in [-0.15, -0.1) is 0 Å². The van der Waals surface area contributed by atoms with Gasteiger partial charge in [-0.25, -0.2) is 4.98 Å². The van der Waals surface area contributed by atoms with Crippen LogP contribution in [0.5, 0.6) is 0 Å². The predicted octanol–water partition coefficient (Wildman–Crippen LogP) is 1.88. The van der Waals surface area contributed by atoms with E-state index >= 15 is 0 Å². The molecule has 0 amide bonds. The Bertz CT molecular complexity index is 497. The minimum absolute atomic E-state index is 0.512. The van der Waals surface area contributed by atoms with Gasteiger partial charge >= 0.3 is 0 Å². The highest BCUT2D eigenvalue weighted by Gasteiger charge is 2.39. The van der Waals surface area contributed by atoms with Crippen LogP contribution in [-0.2, 0) is 0 Å². The van der Waals surface area contributed by atoms with Gasteiger partial charge in [0.15, 0.2) is 0 Å². The fourth-order valence-electron chi connectivity index (χ4n) is 3.44. The van der Waals surface area contributed by atoms with E-state index in [2.05, 4.69) is 27.9 Å². The quantitative estimate of drug-likeness (QED) is 0.769. The largest absolute Gasteiger partial charge is 0.357 e. The number of rotatable bonds is 1. The van der Waals surface area contributed by atoms with Crippen molar-refractivity contribution in [1.82, 2.24) is 9.88 Å². The number of aromatic nitrogens is 1. The van der Waals surface area contributed by atoms with Gasteiger partial charge in [0.05, 0.1) is 0 Å². The third kappa shape index (κ3) is 2.43. The summed E-state index contributed by atoms with van der Waals surface area (Å²) in [6.45, 7) is 4.61. The van der Waals surface area contributed by atoms with Crippen molar-refractivity contribution in [2.75, 3.05) is 38.1 Å². The molecule has 2 saturated heterocycles. The highest BCUT2D eigenvalue weighted by atomic mass is 15.2. The lowest BCUT2D eigenvalue weighted by molar-refractivity contribution is 0.222. The van der Waals surface area contributed by atoms with Gasteiger partial charge in [-0.3, -0.25) is 0 Å². The Hall–Kier alpha value is -1.60. The lowest BCUT2D eigenvalue weighted by atomic mass is 9.78. The zero-order valence-electron chi connectivity index (χ0n) is 11.5. The van der Waals surface area contributed by atoms with E-state index in [4.69, 9.17) is 5.26 Å². The van der Waals surface area contributed by atoms with Crippen molar-refractivity contribution in [3.63, 3.8) is 0 Å². The first kappa shape index (κ1) is 12.4. The van der Waals surface area contributed by atoms with Crippen LogP contribution in [0.15, 0.2) is 18.2 Å². The van der Waals surface area contributed by atoms with Gasteiger partial charge in [0.25, 0.3) is 0 Å². The van der Waals surface area contributed by atoms with Crippen molar-refractivity contribution in [2.24, 2.45) is 5.41 Å². The van der Waals surface area contributed by atoms with E-state index < -0.39 is 0 Å². The number of likely N-dealkylation sites (tertiary alicyclic amines) is 1. The third-order valence-corrected chi connectivity index (χ3v) is 4.63. The number of nitriles is 1. The summed E-state index contributed by atoms with van der Waals surface area (Å²) in [5.41, 5.74) is 1.05. The number of hydrogen-bond donors (Lipinski definition) is 0. The Morgan fingerprint density at radius 2 is 1.95 bits per heavy atom. The summed E-state index contributed by atoms with van der Waals surface area (Å²) in [5.74, 6) is 0.959. The average Bonchev–Trinajstić information content (AvgIpc) is 2.81. The molecular weight excluding hydrogens is 236 g/mol. The maximum absolute atomic E-state index is 8.92. The van der Waals surface area contributed by atoms with E-state index in [0.717, 1.165) is 18.9 Å². The predicted molar refractivity (Wildman–Crippen MR) is 74.9 cm³/mol. The fourth-order valence-corrected chi connectivity index (χ4v) is 3.44. The van der Waals surface area contributed by atoms with Crippen molar-refractivity contribution < 1.29 is 0 Å². The SMILES string of the molecule is CN1CCC2(CCN(c3cccc(C#N)n3)CC2)C1. The molecule has 0 atom stereocenters. The van der Waals surface area contributed by atoms with Crippen molar-refractivity contribution in [1.29, 1.82) is 5.26 Å². The third-order valence-electron chi connectivity index (χ3n) is 4.63. The van der Waals surface area contributed by atoms with Gasteiger partial charge in [-0.05, 0) is 50.4 Å². The first-order valence-electron chi connectivity index (χ1n) is 7.01. The van der Waals surface area contributed by atoms with Crippen molar-refractivity contribution in [3.05, 3.63) is 23.9 Å². The fraction of sp³-hybridized carbons (Fsp3) is 0.600. The second-order valence-electron chi connectivity index (χ2n) is 5.97. The van der Waals surface area contributed by atoms with E-state index in [1.807, 2.05) is 12.1 Å². The van der Waals surface area contributed by atoms with Gasteiger partial charge in [-0.2, -0.15) is 5.26 Å². The van der Waals surface area contributed by atoms with E-state index in [1.165, 1.54) is 32.4 Å². The maximum atomic E-state index is 8.92. The van der Waals surface area contributed by atoms with E-state index in [0.29, 0.717) is 11.1 Å². The molecule has 2 fully saturated rings. The van der Waals surface area contributed by atoms with Crippen LogP contribution in [0.4, 0.5) is 5.82 Å². The minimum atomic E-state index is 0.512. The first-order chi connectivity index (χ1) is 9.21. The van der Waals surface area contributed by atoms with Gasteiger partial charge < -0.3 is 9.80 Å². The average molecular weight is 256 g/mol. The highest BCUT2D eigenvalue weighted by molar-refractivity contribution is 5.42. The van der Waals surface area contributed by atoms with Crippen molar-refractivity contribution in [2.45, 2.75) is 19.3 Å². The summed E-state index contributed by atoms with van der Waals surface area (Å²) in [7, 11) is 2.22. The summed E-state index contributed by atoms with van der Waals surface area (Å²) in [6.07, 6.45) is 3.83. The molecule has 0 aromatic carbocycles. The number of hydrogen-bond acceptors (Lipinski definition) is 4. The molecule has 100 valence electrons. The molecule has 0 N–H and O–H groups in total. The molecule has 1 aromatic heterocycles. The number of pyridine rings is 1. The van der Waals surface area contributed by atoms with Crippen LogP contribution in [0.3, 0.4) is 0 Å². The Morgan fingerprint density at radius 1 is 1.21 bits per heavy atom. The molecule has 3 heterocycles. The number of piperidine rings is 1. The molecular formula is C15H20N4. The Kier molecular flexibility index (Phi) is 3.16. The van der Waals surface area contributed by atoms with Crippen LogP contribution in [0, 0.1) is 16.7 Å². The Labute approximate surface area is 114 Å². The lowest BCUT2D eigenvalue weighted by Gasteiger charge is -2.39. The molecule has 0 aliphatic carbocycles. The Morgan fingerprint density at radius 3 is 2.58 bits per heavy atom. The first-order valence-corrected chi connectivity index (χ1v) is 7.01. The van der Waals surface area contributed by atoms with Gasteiger partial charge in [0.1, 0.15) is 17.6 Å². The molecule has 1 spiro atoms. The summed E-state index contributed by atoms with van der Waals surface area (Å²) >= 11 is 0. The summed E-state index contributed by atoms with van der Waals surface area (Å²) in [6, 6.07) is 7.82. The molecule has 0 saturated carbocycles. The highest BCUT2D eigenvalue weighted by Crippen LogP contribution is 2.40. The Balaban J connectivity index is 1.68. The van der Waals surface area contributed by atoms with Crippen LogP contribution in [0.1, 0.15) is 25.0 Å². The van der Waals surface area contributed by atoms with Crippen LogP contribution in [0.2, 0.25) is 0 Å². The van der Waals surface area contributed by atoms with E-state index in [1.54, 1.807) is 6.07 Å². The molecule has 0 bridgehead atoms. The zero-order chi connectivity index (χ0) is 13.3. The second kappa shape index (κ2) is 4.82. The monoisotopic (exact) mass is 256 g/mol. The van der Waals surface area contributed by atoms with Crippen LogP contribution < -0.4 is 4.90 Å². The molecule has 3 rings (SSSR count). The topological polar surface area (TPSA) is 43.2 Å². The summed E-state index contributed by atoms with van der Waals surface area (Å²) in [5, 5.41) is 8.92.